The van der Waals surface area contributed by atoms with E-state index in [0.29, 0.717) is 18.7 Å². The molecule has 0 aliphatic carbocycles. The van der Waals surface area contributed by atoms with E-state index in [4.69, 9.17) is 0 Å². The van der Waals surface area contributed by atoms with Gasteiger partial charge in [-0.2, -0.15) is 0 Å². The van der Waals surface area contributed by atoms with E-state index >= 15 is 0 Å². The SMILES string of the molecule is CCN(Cc1ccc(C(=O)N(C)C)cc1)C(=O)Cn1ccc2cc([N+](=O)[O-])ccc21. The second-order valence-electron chi connectivity index (χ2n) is 7.25. The molecule has 1 aromatic heterocycles. The van der Waals surface area contributed by atoms with Gasteiger partial charge in [-0.3, -0.25) is 19.7 Å². The van der Waals surface area contributed by atoms with E-state index in [1.54, 1.807) is 54.0 Å². The molecule has 2 aromatic carbocycles. The second kappa shape index (κ2) is 8.77. The number of rotatable bonds is 7. The van der Waals surface area contributed by atoms with Gasteiger partial charge in [-0.1, -0.05) is 12.1 Å². The van der Waals surface area contributed by atoms with Crippen LogP contribution >= 0.6 is 0 Å². The quantitative estimate of drug-likeness (QED) is 0.443. The van der Waals surface area contributed by atoms with E-state index in [-0.39, 0.29) is 24.0 Å². The molecule has 0 atom stereocenters. The predicted octanol–water partition coefficient (Wildman–Crippen LogP) is 3.30. The van der Waals surface area contributed by atoms with Crippen LogP contribution in [0.15, 0.2) is 54.7 Å². The summed E-state index contributed by atoms with van der Waals surface area (Å²) in [6.45, 7) is 3.05. The van der Waals surface area contributed by atoms with E-state index in [1.165, 1.54) is 17.0 Å². The highest BCUT2D eigenvalue weighted by molar-refractivity contribution is 5.93. The molecule has 3 aromatic rings. The standard InChI is InChI=1S/C22H24N4O4/c1-4-24(14-16-5-7-17(8-6-16)22(28)23(2)3)21(27)15-25-12-11-18-13-19(26(29)30)9-10-20(18)25/h5-13H,4,14-15H2,1-3H3. The van der Waals surface area contributed by atoms with Crippen molar-refractivity contribution in [3.63, 3.8) is 0 Å². The van der Waals surface area contributed by atoms with E-state index in [0.717, 1.165) is 16.5 Å². The fourth-order valence-corrected chi connectivity index (χ4v) is 3.29. The number of nitrogens with zero attached hydrogens (tertiary/aromatic N) is 4. The fraction of sp³-hybridized carbons (Fsp3) is 0.273. The van der Waals surface area contributed by atoms with E-state index < -0.39 is 4.92 Å². The summed E-state index contributed by atoms with van der Waals surface area (Å²) in [6.07, 6.45) is 1.77. The Morgan fingerprint density at radius 3 is 2.37 bits per heavy atom. The zero-order valence-corrected chi connectivity index (χ0v) is 17.2. The third-order valence-corrected chi connectivity index (χ3v) is 4.99. The smallest absolute Gasteiger partial charge is 0.270 e. The monoisotopic (exact) mass is 408 g/mol. The molecule has 0 spiro atoms. The number of hydrogen-bond donors (Lipinski definition) is 0. The first kappa shape index (κ1) is 21.0. The van der Waals surface area contributed by atoms with Crippen molar-refractivity contribution in [2.45, 2.75) is 20.0 Å². The minimum atomic E-state index is -0.432. The minimum Gasteiger partial charge on any atom is -0.345 e. The summed E-state index contributed by atoms with van der Waals surface area (Å²) in [6, 6.07) is 13.6. The average molecular weight is 408 g/mol. The molecule has 0 aliphatic rings. The summed E-state index contributed by atoms with van der Waals surface area (Å²) in [5.74, 6) is -0.119. The number of benzene rings is 2. The van der Waals surface area contributed by atoms with Crippen LogP contribution in [-0.2, 0) is 17.9 Å². The van der Waals surface area contributed by atoms with Gasteiger partial charge in [0, 0.05) is 62.0 Å². The van der Waals surface area contributed by atoms with Crippen LogP contribution in [0.4, 0.5) is 5.69 Å². The Labute approximate surface area is 174 Å². The van der Waals surface area contributed by atoms with E-state index in [2.05, 4.69) is 0 Å². The maximum absolute atomic E-state index is 12.9. The van der Waals surface area contributed by atoms with E-state index in [1.807, 2.05) is 19.1 Å². The number of nitro groups is 1. The number of carbonyl (C=O) groups excluding carboxylic acids is 2. The highest BCUT2D eigenvalue weighted by atomic mass is 16.6. The largest absolute Gasteiger partial charge is 0.345 e. The molecule has 156 valence electrons. The summed E-state index contributed by atoms with van der Waals surface area (Å²) in [4.78, 5) is 38.6. The number of carbonyl (C=O) groups is 2. The highest BCUT2D eigenvalue weighted by Gasteiger charge is 2.16. The lowest BCUT2D eigenvalue weighted by Crippen LogP contribution is -2.33. The molecule has 0 fully saturated rings. The third-order valence-electron chi connectivity index (χ3n) is 4.99. The lowest BCUT2D eigenvalue weighted by Gasteiger charge is -2.22. The zero-order valence-electron chi connectivity index (χ0n) is 17.2. The second-order valence-corrected chi connectivity index (χ2v) is 7.25. The van der Waals surface area contributed by atoms with Crippen molar-refractivity contribution in [1.82, 2.24) is 14.4 Å². The number of likely N-dealkylation sites (N-methyl/N-ethyl adjacent to an activating group) is 1. The lowest BCUT2D eigenvalue weighted by molar-refractivity contribution is -0.384. The molecule has 30 heavy (non-hydrogen) atoms. The fourth-order valence-electron chi connectivity index (χ4n) is 3.29. The molecular weight excluding hydrogens is 384 g/mol. The number of aromatic nitrogens is 1. The number of hydrogen-bond acceptors (Lipinski definition) is 4. The van der Waals surface area contributed by atoms with Crippen LogP contribution in [-0.4, -0.2) is 51.7 Å². The molecule has 0 unspecified atom stereocenters. The summed E-state index contributed by atoms with van der Waals surface area (Å²) in [7, 11) is 3.41. The van der Waals surface area contributed by atoms with Crippen LogP contribution in [0.3, 0.4) is 0 Å². The summed E-state index contributed by atoms with van der Waals surface area (Å²) >= 11 is 0. The predicted molar refractivity (Wildman–Crippen MR) is 114 cm³/mol. The van der Waals surface area contributed by atoms with Gasteiger partial charge in [0.1, 0.15) is 6.54 Å². The number of amides is 2. The van der Waals surface area contributed by atoms with Gasteiger partial charge >= 0.3 is 0 Å². The minimum absolute atomic E-state index is 0.0259. The van der Waals surface area contributed by atoms with Gasteiger partial charge in [-0.05, 0) is 36.8 Å². The topological polar surface area (TPSA) is 88.7 Å². The van der Waals surface area contributed by atoms with Gasteiger partial charge in [-0.15, -0.1) is 0 Å². The summed E-state index contributed by atoms with van der Waals surface area (Å²) < 4.78 is 1.79. The Morgan fingerprint density at radius 1 is 1.07 bits per heavy atom. The van der Waals surface area contributed by atoms with Crippen LogP contribution < -0.4 is 0 Å². The Kier molecular flexibility index (Phi) is 6.15. The number of non-ortho nitro benzene ring substituents is 1. The van der Waals surface area contributed by atoms with E-state index in [9.17, 15) is 19.7 Å². The van der Waals surface area contributed by atoms with Crippen molar-refractivity contribution in [3.8, 4) is 0 Å². The Hall–Kier alpha value is -3.68. The average Bonchev–Trinajstić information content (AvgIpc) is 3.13. The van der Waals surface area contributed by atoms with Crippen molar-refractivity contribution < 1.29 is 14.5 Å². The molecule has 0 N–H and O–H groups in total. The van der Waals surface area contributed by atoms with Crippen molar-refractivity contribution in [2.24, 2.45) is 0 Å². The van der Waals surface area contributed by atoms with Gasteiger partial charge in [0.2, 0.25) is 5.91 Å². The van der Waals surface area contributed by atoms with Gasteiger partial charge in [0.25, 0.3) is 11.6 Å². The molecule has 8 heteroatoms. The van der Waals surface area contributed by atoms with Crippen molar-refractivity contribution in [3.05, 3.63) is 76.0 Å². The molecule has 0 saturated carbocycles. The number of nitro benzene ring substituents is 1. The molecule has 3 rings (SSSR count). The van der Waals surface area contributed by atoms with Gasteiger partial charge in [-0.25, -0.2) is 0 Å². The Morgan fingerprint density at radius 2 is 1.77 bits per heavy atom. The maximum atomic E-state index is 12.9. The molecule has 0 saturated heterocycles. The molecule has 0 radical (unpaired) electrons. The highest BCUT2D eigenvalue weighted by Crippen LogP contribution is 2.22. The van der Waals surface area contributed by atoms with Gasteiger partial charge in [0.05, 0.1) is 4.92 Å². The normalized spacial score (nSPS) is 10.8. The Bertz CT molecular complexity index is 1090. The first-order valence-corrected chi connectivity index (χ1v) is 9.61. The molecule has 0 aliphatic heterocycles. The van der Waals surface area contributed by atoms with Crippen molar-refractivity contribution in [2.75, 3.05) is 20.6 Å². The molecule has 2 amide bonds. The molecule has 1 heterocycles. The van der Waals surface area contributed by atoms with Gasteiger partial charge in [0.15, 0.2) is 0 Å². The van der Waals surface area contributed by atoms with Crippen molar-refractivity contribution in [1.29, 1.82) is 0 Å². The molecule has 0 bridgehead atoms. The van der Waals surface area contributed by atoms with Crippen LogP contribution in [0.25, 0.3) is 10.9 Å². The van der Waals surface area contributed by atoms with Gasteiger partial charge < -0.3 is 14.4 Å². The first-order chi connectivity index (χ1) is 14.3. The van der Waals surface area contributed by atoms with Crippen molar-refractivity contribution >= 4 is 28.4 Å². The summed E-state index contributed by atoms with van der Waals surface area (Å²) in [5, 5.41) is 11.7. The summed E-state index contributed by atoms with van der Waals surface area (Å²) in [5.41, 5.74) is 2.34. The zero-order chi connectivity index (χ0) is 21.8. The molecular formula is C22H24N4O4. The van der Waals surface area contributed by atoms with Crippen LogP contribution in [0.2, 0.25) is 0 Å². The van der Waals surface area contributed by atoms with Crippen LogP contribution in [0.1, 0.15) is 22.8 Å². The Balaban J connectivity index is 1.71. The van der Waals surface area contributed by atoms with Crippen LogP contribution in [0, 0.1) is 10.1 Å². The number of fused-ring (bicyclic) bond motifs is 1. The van der Waals surface area contributed by atoms with Crippen LogP contribution in [0.5, 0.6) is 0 Å². The lowest BCUT2D eigenvalue weighted by atomic mass is 10.1. The maximum Gasteiger partial charge on any atom is 0.270 e. The third kappa shape index (κ3) is 4.48. The molecule has 8 nitrogen and oxygen atoms in total. The first-order valence-electron chi connectivity index (χ1n) is 9.61.